The first-order chi connectivity index (χ1) is 7.81. The van der Waals surface area contributed by atoms with Crippen molar-refractivity contribution >= 4 is 11.6 Å². The lowest BCUT2D eigenvalue weighted by atomic mass is 10.3. The quantitative estimate of drug-likeness (QED) is 0.746. The zero-order chi connectivity index (χ0) is 11.4. The monoisotopic (exact) mass is 231 g/mol. The van der Waals surface area contributed by atoms with Crippen LogP contribution in [0.1, 0.15) is 5.56 Å². The maximum Gasteiger partial charge on any atom is 0.237 e. The Hall–Kier alpha value is -2.12. The Morgan fingerprint density at radius 3 is 2.69 bits per heavy atom. The van der Waals surface area contributed by atoms with Crippen LogP contribution in [0.4, 0.5) is 0 Å². The van der Waals surface area contributed by atoms with Crippen molar-refractivity contribution in [2.75, 3.05) is 0 Å². The van der Waals surface area contributed by atoms with Crippen molar-refractivity contribution < 1.29 is 4.74 Å². The fourth-order valence-electron chi connectivity index (χ4n) is 1.11. The molecule has 2 aromatic rings. The fraction of sp³-hybridized carbons (Fsp3) is 0. The van der Waals surface area contributed by atoms with Crippen LogP contribution in [-0.4, -0.2) is 9.97 Å². The van der Waals surface area contributed by atoms with Crippen molar-refractivity contribution in [3.8, 4) is 17.7 Å². The number of rotatable bonds is 2. The topological polar surface area (TPSA) is 58.8 Å². The second-order valence-corrected chi connectivity index (χ2v) is 3.22. The number of hydrogen-bond acceptors (Lipinski definition) is 4. The largest absolute Gasteiger partial charge is 0.434 e. The molecule has 0 fully saturated rings. The lowest BCUT2D eigenvalue weighted by Crippen LogP contribution is -1.92. The Bertz CT molecular complexity index is 551. The van der Waals surface area contributed by atoms with Gasteiger partial charge in [-0.25, -0.2) is 9.97 Å². The molecule has 0 bridgehead atoms. The highest BCUT2D eigenvalue weighted by atomic mass is 35.5. The number of aromatic nitrogens is 2. The molecular weight excluding hydrogens is 226 g/mol. The summed E-state index contributed by atoms with van der Waals surface area (Å²) in [6.45, 7) is 0. The summed E-state index contributed by atoms with van der Waals surface area (Å²) < 4.78 is 5.40. The van der Waals surface area contributed by atoms with Crippen LogP contribution in [0.5, 0.6) is 11.6 Å². The molecule has 0 aromatic carbocycles. The standard InChI is InChI=1S/C11H6ClN3O/c12-10-9(4-2-5-14-10)16-11-8(7-13)3-1-6-15-11/h1-6H. The normalized spacial score (nSPS) is 9.50. The Balaban J connectivity index is 2.35. The van der Waals surface area contributed by atoms with Gasteiger partial charge in [-0.05, 0) is 24.3 Å². The zero-order valence-corrected chi connectivity index (χ0v) is 8.85. The third-order valence-corrected chi connectivity index (χ3v) is 2.11. The SMILES string of the molecule is N#Cc1cccnc1Oc1cccnc1Cl. The van der Waals surface area contributed by atoms with Crippen LogP contribution >= 0.6 is 11.6 Å². The van der Waals surface area contributed by atoms with E-state index in [2.05, 4.69) is 9.97 Å². The van der Waals surface area contributed by atoms with Gasteiger partial charge >= 0.3 is 0 Å². The third-order valence-electron chi connectivity index (χ3n) is 1.82. The lowest BCUT2D eigenvalue weighted by Gasteiger charge is -2.06. The zero-order valence-electron chi connectivity index (χ0n) is 8.09. The maximum absolute atomic E-state index is 8.85. The molecule has 0 amide bonds. The van der Waals surface area contributed by atoms with Gasteiger partial charge in [0, 0.05) is 12.4 Å². The summed E-state index contributed by atoms with van der Waals surface area (Å²) in [6, 6.07) is 8.61. The molecule has 0 N–H and O–H groups in total. The molecule has 0 saturated carbocycles. The minimum absolute atomic E-state index is 0.222. The van der Waals surface area contributed by atoms with Crippen LogP contribution in [0.3, 0.4) is 0 Å². The van der Waals surface area contributed by atoms with Gasteiger partial charge in [0.05, 0.1) is 0 Å². The molecule has 0 spiro atoms. The number of hydrogen-bond donors (Lipinski definition) is 0. The lowest BCUT2D eigenvalue weighted by molar-refractivity contribution is 0.459. The maximum atomic E-state index is 8.85. The Kier molecular flexibility index (Phi) is 2.99. The average molecular weight is 232 g/mol. The fourth-order valence-corrected chi connectivity index (χ4v) is 1.27. The summed E-state index contributed by atoms with van der Waals surface area (Å²) in [4.78, 5) is 7.82. The van der Waals surface area contributed by atoms with Gasteiger partial charge in [0.15, 0.2) is 10.9 Å². The Morgan fingerprint density at radius 2 is 1.94 bits per heavy atom. The molecule has 0 aliphatic heterocycles. The highest BCUT2D eigenvalue weighted by Crippen LogP contribution is 2.27. The highest BCUT2D eigenvalue weighted by Gasteiger charge is 2.08. The molecule has 0 atom stereocenters. The van der Waals surface area contributed by atoms with E-state index in [4.69, 9.17) is 21.6 Å². The predicted octanol–water partition coefficient (Wildman–Crippen LogP) is 2.79. The second kappa shape index (κ2) is 4.60. The molecule has 2 heterocycles. The van der Waals surface area contributed by atoms with E-state index in [1.165, 1.54) is 0 Å². The summed E-state index contributed by atoms with van der Waals surface area (Å²) in [5.41, 5.74) is 0.349. The summed E-state index contributed by atoms with van der Waals surface area (Å²) in [5, 5.41) is 9.08. The van der Waals surface area contributed by atoms with Gasteiger partial charge < -0.3 is 4.74 Å². The van der Waals surface area contributed by atoms with Crippen molar-refractivity contribution in [3.63, 3.8) is 0 Å². The molecule has 0 saturated heterocycles. The van der Waals surface area contributed by atoms with Crippen LogP contribution in [0.15, 0.2) is 36.7 Å². The molecule has 78 valence electrons. The van der Waals surface area contributed by atoms with Gasteiger partial charge in [0.1, 0.15) is 11.6 Å². The predicted molar refractivity (Wildman–Crippen MR) is 58.3 cm³/mol. The van der Waals surface area contributed by atoms with Gasteiger partial charge in [-0.3, -0.25) is 0 Å². The molecule has 4 nitrogen and oxygen atoms in total. The number of nitrogens with zero attached hydrogens (tertiary/aromatic N) is 3. The van der Waals surface area contributed by atoms with E-state index >= 15 is 0 Å². The van der Waals surface area contributed by atoms with Crippen LogP contribution < -0.4 is 4.74 Å². The summed E-state index contributed by atoms with van der Waals surface area (Å²) >= 11 is 5.82. The average Bonchev–Trinajstić information content (AvgIpc) is 2.33. The van der Waals surface area contributed by atoms with E-state index < -0.39 is 0 Å². The van der Waals surface area contributed by atoms with E-state index in [0.717, 1.165) is 0 Å². The van der Waals surface area contributed by atoms with E-state index in [-0.39, 0.29) is 11.0 Å². The van der Waals surface area contributed by atoms with Crippen molar-refractivity contribution in [3.05, 3.63) is 47.4 Å². The minimum Gasteiger partial charge on any atom is -0.434 e. The smallest absolute Gasteiger partial charge is 0.237 e. The van der Waals surface area contributed by atoms with E-state index in [1.54, 1.807) is 36.7 Å². The van der Waals surface area contributed by atoms with Crippen LogP contribution in [0, 0.1) is 11.3 Å². The molecule has 0 aliphatic carbocycles. The molecule has 0 unspecified atom stereocenters. The third kappa shape index (κ3) is 2.10. The molecule has 2 aromatic heterocycles. The number of halogens is 1. The van der Waals surface area contributed by atoms with Crippen molar-refractivity contribution in [2.45, 2.75) is 0 Å². The molecule has 0 aliphatic rings. The van der Waals surface area contributed by atoms with Crippen molar-refractivity contribution in [2.24, 2.45) is 0 Å². The summed E-state index contributed by atoms with van der Waals surface area (Å²) in [7, 11) is 0. The molecule has 16 heavy (non-hydrogen) atoms. The molecule has 0 radical (unpaired) electrons. The van der Waals surface area contributed by atoms with E-state index in [1.807, 2.05) is 6.07 Å². The van der Waals surface area contributed by atoms with Gasteiger partial charge in [-0.15, -0.1) is 0 Å². The van der Waals surface area contributed by atoms with Gasteiger partial charge in [0.2, 0.25) is 5.88 Å². The van der Waals surface area contributed by atoms with Crippen LogP contribution in [0.25, 0.3) is 0 Å². The summed E-state index contributed by atoms with van der Waals surface area (Å²) in [6.07, 6.45) is 3.10. The molecule has 5 heteroatoms. The van der Waals surface area contributed by atoms with E-state index in [0.29, 0.717) is 11.3 Å². The molecule has 2 rings (SSSR count). The number of nitriles is 1. The van der Waals surface area contributed by atoms with Crippen molar-refractivity contribution in [1.82, 2.24) is 9.97 Å². The number of ether oxygens (including phenoxy) is 1. The first-order valence-electron chi connectivity index (χ1n) is 4.45. The van der Waals surface area contributed by atoms with Crippen LogP contribution in [-0.2, 0) is 0 Å². The Labute approximate surface area is 97.1 Å². The first-order valence-corrected chi connectivity index (χ1v) is 4.82. The number of pyridine rings is 2. The van der Waals surface area contributed by atoms with Crippen LogP contribution in [0.2, 0.25) is 5.15 Å². The van der Waals surface area contributed by atoms with E-state index in [9.17, 15) is 0 Å². The highest BCUT2D eigenvalue weighted by molar-refractivity contribution is 6.30. The first kappa shape index (κ1) is 10.4. The van der Waals surface area contributed by atoms with Gasteiger partial charge in [-0.1, -0.05) is 11.6 Å². The minimum atomic E-state index is 0.222. The second-order valence-electron chi connectivity index (χ2n) is 2.86. The van der Waals surface area contributed by atoms with Gasteiger partial charge in [0.25, 0.3) is 0 Å². The van der Waals surface area contributed by atoms with Crippen molar-refractivity contribution in [1.29, 1.82) is 5.26 Å². The summed E-state index contributed by atoms with van der Waals surface area (Å²) in [5.74, 6) is 0.597. The van der Waals surface area contributed by atoms with Gasteiger partial charge in [-0.2, -0.15) is 5.26 Å². The molecular formula is C11H6ClN3O. The Morgan fingerprint density at radius 1 is 1.19 bits per heavy atom.